The van der Waals surface area contributed by atoms with Crippen LogP contribution in [0.4, 0.5) is 0 Å². The number of carbonyl (C=O) groups is 1. The van der Waals surface area contributed by atoms with Crippen molar-refractivity contribution in [3.63, 3.8) is 0 Å². The Morgan fingerprint density at radius 1 is 1.20 bits per heavy atom. The number of hydrogen-bond donors (Lipinski definition) is 2. The number of ether oxygens (including phenoxy) is 1. The zero-order valence-corrected chi connectivity index (χ0v) is 15.0. The van der Waals surface area contributed by atoms with E-state index in [4.69, 9.17) is 9.84 Å². The number of rotatable bonds is 8. The van der Waals surface area contributed by atoms with E-state index in [2.05, 4.69) is 29.6 Å². The van der Waals surface area contributed by atoms with E-state index in [0.29, 0.717) is 16.9 Å². The van der Waals surface area contributed by atoms with Crippen LogP contribution in [0.2, 0.25) is 0 Å². The quantitative estimate of drug-likeness (QED) is 0.752. The van der Waals surface area contributed by atoms with Crippen molar-refractivity contribution in [3.8, 4) is 0 Å². The first-order valence-corrected chi connectivity index (χ1v) is 9.44. The number of benzene rings is 2. The fourth-order valence-corrected chi connectivity index (χ4v) is 4.33. The minimum atomic E-state index is -0.891. The van der Waals surface area contributed by atoms with Crippen LogP contribution in [0.3, 0.4) is 0 Å². The van der Waals surface area contributed by atoms with Crippen LogP contribution < -0.4 is 5.32 Å². The van der Waals surface area contributed by atoms with Gasteiger partial charge in [-0.05, 0) is 43.2 Å². The van der Waals surface area contributed by atoms with Gasteiger partial charge in [0.05, 0.1) is 16.9 Å². The summed E-state index contributed by atoms with van der Waals surface area (Å²) in [6.07, 6.45) is 1.29. The first-order valence-electron chi connectivity index (χ1n) is 8.56. The molecule has 0 radical (unpaired) electrons. The molecule has 4 nitrogen and oxygen atoms in total. The van der Waals surface area contributed by atoms with Crippen LogP contribution in [0.25, 0.3) is 0 Å². The summed E-state index contributed by atoms with van der Waals surface area (Å²) in [6.45, 7) is 3.50. The number of thioether (sulfide) groups is 1. The third kappa shape index (κ3) is 4.63. The molecule has 0 saturated heterocycles. The minimum absolute atomic E-state index is 0.280. The maximum atomic E-state index is 10.9. The molecule has 132 valence electrons. The average molecular weight is 357 g/mol. The lowest BCUT2D eigenvalue weighted by Gasteiger charge is -2.44. The van der Waals surface area contributed by atoms with Gasteiger partial charge in [-0.25, -0.2) is 4.79 Å². The summed E-state index contributed by atoms with van der Waals surface area (Å²) in [5, 5.41) is 12.9. The fourth-order valence-electron chi connectivity index (χ4n) is 2.99. The normalized spacial score (nSPS) is 22.4. The van der Waals surface area contributed by atoms with Crippen LogP contribution >= 0.6 is 11.8 Å². The fraction of sp³-hybridized carbons (Fsp3) is 0.350. The summed E-state index contributed by atoms with van der Waals surface area (Å²) >= 11 is 1.86. The number of aromatic carboxylic acids is 1. The summed E-state index contributed by atoms with van der Waals surface area (Å²) in [5.74, 6) is -0.891. The highest BCUT2D eigenvalue weighted by Gasteiger charge is 2.42. The second-order valence-electron chi connectivity index (χ2n) is 6.11. The molecule has 0 spiro atoms. The van der Waals surface area contributed by atoms with Crippen molar-refractivity contribution in [2.45, 2.75) is 42.2 Å². The maximum Gasteiger partial charge on any atom is 0.335 e. The van der Waals surface area contributed by atoms with Gasteiger partial charge in [-0.15, -0.1) is 11.8 Å². The number of carboxylic acids is 1. The van der Waals surface area contributed by atoms with Gasteiger partial charge in [-0.2, -0.15) is 0 Å². The molecule has 1 unspecified atom stereocenters. The lowest BCUT2D eigenvalue weighted by Crippen LogP contribution is -2.57. The summed E-state index contributed by atoms with van der Waals surface area (Å²) in [4.78, 5) is 12.2. The number of nitrogens with one attached hydrogen (secondary N) is 1. The van der Waals surface area contributed by atoms with Crippen molar-refractivity contribution < 1.29 is 14.6 Å². The van der Waals surface area contributed by atoms with E-state index in [1.807, 2.05) is 36.9 Å². The molecule has 0 amide bonds. The highest BCUT2D eigenvalue weighted by molar-refractivity contribution is 8.00. The molecule has 0 aliphatic heterocycles. The van der Waals surface area contributed by atoms with Gasteiger partial charge in [-0.1, -0.05) is 30.3 Å². The highest BCUT2D eigenvalue weighted by Crippen LogP contribution is 2.39. The Balaban J connectivity index is 1.58. The molecular weight excluding hydrogens is 334 g/mol. The molecule has 1 aliphatic rings. The molecule has 2 aromatic rings. The van der Waals surface area contributed by atoms with Gasteiger partial charge in [0.2, 0.25) is 0 Å². The van der Waals surface area contributed by atoms with Crippen molar-refractivity contribution in [2.24, 2.45) is 0 Å². The van der Waals surface area contributed by atoms with Gasteiger partial charge in [-0.3, -0.25) is 0 Å². The Kier molecular flexibility index (Phi) is 6.13. The molecular formula is C20H23NO3S. The zero-order valence-electron chi connectivity index (χ0n) is 14.2. The standard InChI is InChI=1S/C20H23NO3S/c1-2-24-18-12-17(19(18)25-16-6-4-3-5-7-16)21-13-14-8-10-15(11-9-14)20(22)23/h3-11,17-19,21H,2,12-13H2,1H3,(H,22,23)/t17?,18-,19-/m1/s1. The van der Waals surface area contributed by atoms with E-state index in [1.165, 1.54) is 4.90 Å². The highest BCUT2D eigenvalue weighted by atomic mass is 32.2. The van der Waals surface area contributed by atoms with Crippen LogP contribution in [0, 0.1) is 0 Å². The zero-order chi connectivity index (χ0) is 17.6. The van der Waals surface area contributed by atoms with Crippen LogP contribution in [-0.4, -0.2) is 35.1 Å². The molecule has 25 heavy (non-hydrogen) atoms. The van der Waals surface area contributed by atoms with Gasteiger partial charge in [0.1, 0.15) is 0 Å². The second-order valence-corrected chi connectivity index (χ2v) is 7.37. The third-order valence-electron chi connectivity index (χ3n) is 4.41. The topological polar surface area (TPSA) is 58.6 Å². The molecule has 0 bridgehead atoms. The summed E-state index contributed by atoms with van der Waals surface area (Å²) in [7, 11) is 0. The Hall–Kier alpha value is -1.82. The smallest absolute Gasteiger partial charge is 0.335 e. The molecule has 0 heterocycles. The molecule has 0 aromatic heterocycles. The van der Waals surface area contributed by atoms with Crippen LogP contribution in [0.1, 0.15) is 29.3 Å². The van der Waals surface area contributed by atoms with Crippen molar-refractivity contribution in [3.05, 3.63) is 65.7 Å². The van der Waals surface area contributed by atoms with Crippen LogP contribution in [-0.2, 0) is 11.3 Å². The van der Waals surface area contributed by atoms with E-state index in [9.17, 15) is 4.79 Å². The number of carboxylic acid groups (broad SMARTS) is 1. The van der Waals surface area contributed by atoms with Gasteiger partial charge in [0.15, 0.2) is 0 Å². The van der Waals surface area contributed by atoms with E-state index in [-0.39, 0.29) is 6.10 Å². The summed E-state index contributed by atoms with van der Waals surface area (Å²) in [6, 6.07) is 17.8. The summed E-state index contributed by atoms with van der Waals surface area (Å²) < 4.78 is 5.86. The molecule has 2 aromatic carbocycles. The summed E-state index contributed by atoms with van der Waals surface area (Å²) in [5.41, 5.74) is 1.41. The predicted molar refractivity (Wildman–Crippen MR) is 100 cm³/mol. The lowest BCUT2D eigenvalue weighted by molar-refractivity contribution is -0.00342. The van der Waals surface area contributed by atoms with Gasteiger partial charge in [0, 0.05) is 24.1 Å². The minimum Gasteiger partial charge on any atom is -0.478 e. The molecule has 5 heteroatoms. The first-order chi connectivity index (χ1) is 12.2. The Bertz CT molecular complexity index is 690. The molecule has 1 saturated carbocycles. The van der Waals surface area contributed by atoms with Crippen molar-refractivity contribution in [2.75, 3.05) is 6.61 Å². The van der Waals surface area contributed by atoms with Crippen LogP contribution in [0.15, 0.2) is 59.5 Å². The van der Waals surface area contributed by atoms with E-state index in [0.717, 1.165) is 25.1 Å². The first kappa shape index (κ1) is 18.0. The molecule has 1 aliphatic carbocycles. The van der Waals surface area contributed by atoms with Gasteiger partial charge >= 0.3 is 5.97 Å². The van der Waals surface area contributed by atoms with Gasteiger partial charge < -0.3 is 15.2 Å². The SMILES string of the molecule is CCO[C@@H]1CC(NCc2ccc(C(=O)O)cc2)[C@H]1Sc1ccccc1. The second kappa shape index (κ2) is 8.52. The largest absolute Gasteiger partial charge is 0.478 e. The monoisotopic (exact) mass is 357 g/mol. The van der Waals surface area contributed by atoms with Crippen molar-refractivity contribution >= 4 is 17.7 Å². The molecule has 2 N–H and O–H groups in total. The van der Waals surface area contributed by atoms with E-state index < -0.39 is 5.97 Å². The average Bonchev–Trinajstić information content (AvgIpc) is 2.63. The van der Waals surface area contributed by atoms with Gasteiger partial charge in [0.25, 0.3) is 0 Å². The van der Waals surface area contributed by atoms with E-state index in [1.54, 1.807) is 12.1 Å². The predicted octanol–water partition coefficient (Wildman–Crippen LogP) is 3.81. The molecule has 1 fully saturated rings. The Morgan fingerprint density at radius 2 is 1.92 bits per heavy atom. The van der Waals surface area contributed by atoms with Crippen molar-refractivity contribution in [1.29, 1.82) is 0 Å². The Morgan fingerprint density at radius 3 is 2.56 bits per heavy atom. The third-order valence-corrected chi connectivity index (χ3v) is 5.86. The van der Waals surface area contributed by atoms with Crippen molar-refractivity contribution in [1.82, 2.24) is 5.32 Å². The maximum absolute atomic E-state index is 10.9. The molecule has 3 rings (SSSR count). The van der Waals surface area contributed by atoms with E-state index >= 15 is 0 Å². The Labute approximate surface area is 152 Å². The van der Waals surface area contributed by atoms with Crippen LogP contribution in [0.5, 0.6) is 0 Å². The lowest BCUT2D eigenvalue weighted by atomic mass is 9.88. The number of hydrogen-bond acceptors (Lipinski definition) is 4. The molecule has 3 atom stereocenters.